The second-order valence-corrected chi connectivity index (χ2v) is 3.87. The van der Waals surface area contributed by atoms with E-state index < -0.39 is 5.03 Å². The first kappa shape index (κ1) is 12.0. The molecule has 0 amide bonds. The van der Waals surface area contributed by atoms with E-state index >= 15 is 0 Å². The van der Waals surface area contributed by atoms with Crippen molar-refractivity contribution in [3.05, 3.63) is 39.9 Å². The summed E-state index contributed by atoms with van der Waals surface area (Å²) in [6.45, 7) is 3.21. The summed E-state index contributed by atoms with van der Waals surface area (Å²) in [6, 6.07) is 7.70. The lowest BCUT2D eigenvalue weighted by Crippen LogP contribution is -2.29. The number of guanidine groups is 1. The maximum absolute atomic E-state index is 10.3. The summed E-state index contributed by atoms with van der Waals surface area (Å²) in [6.07, 6.45) is 1.55. The molecule has 1 saturated heterocycles. The zero-order valence-electron chi connectivity index (χ0n) is 9.91. The number of nitrogens with zero attached hydrogens (tertiary/aromatic N) is 4. The van der Waals surface area contributed by atoms with E-state index in [4.69, 9.17) is 0 Å². The lowest BCUT2D eigenvalue weighted by Gasteiger charge is -2.07. The Kier molecular flexibility index (Phi) is 3.52. The van der Waals surface area contributed by atoms with Gasteiger partial charge in [0.05, 0.1) is 12.0 Å². The van der Waals surface area contributed by atoms with Crippen LogP contribution in [0.4, 0.5) is 5.69 Å². The van der Waals surface area contributed by atoms with E-state index in [2.05, 4.69) is 15.4 Å². The Hall–Kier alpha value is -2.44. The van der Waals surface area contributed by atoms with Gasteiger partial charge in [0, 0.05) is 13.1 Å². The van der Waals surface area contributed by atoms with Gasteiger partial charge in [-0.3, -0.25) is 4.90 Å². The highest BCUT2D eigenvalue weighted by Gasteiger charge is 2.19. The number of aryl methyl sites for hydroxylation is 1. The molecule has 7 nitrogen and oxygen atoms in total. The van der Waals surface area contributed by atoms with Gasteiger partial charge in [-0.1, -0.05) is 12.1 Å². The van der Waals surface area contributed by atoms with Crippen LogP contribution in [0.2, 0.25) is 0 Å². The SMILES string of the molecule is Cc1cccc(N=CN2CCN/C2=N/[N+](=O)[O-])c1. The van der Waals surface area contributed by atoms with Crippen molar-refractivity contribution in [3.8, 4) is 0 Å². The van der Waals surface area contributed by atoms with Crippen molar-refractivity contribution < 1.29 is 5.03 Å². The zero-order chi connectivity index (χ0) is 13.0. The standard InChI is InChI=1S/C11H13N5O2/c1-9-3-2-4-10(7-9)13-8-15-6-5-12-11(15)14-16(17)18/h2-4,7-8H,5-6H2,1H3,(H,12,14). The number of benzene rings is 1. The van der Waals surface area contributed by atoms with Crippen LogP contribution in [0.25, 0.3) is 0 Å². The molecule has 2 rings (SSSR count). The lowest BCUT2D eigenvalue weighted by atomic mass is 10.2. The molecule has 0 aromatic heterocycles. The van der Waals surface area contributed by atoms with Gasteiger partial charge in [0.15, 0.2) is 5.03 Å². The topological polar surface area (TPSA) is 83.1 Å². The molecule has 0 atom stereocenters. The number of hydrogen-bond donors (Lipinski definition) is 1. The molecule has 0 radical (unpaired) electrons. The monoisotopic (exact) mass is 247 g/mol. The molecule has 1 N–H and O–H groups in total. The average Bonchev–Trinajstić information content (AvgIpc) is 2.73. The lowest BCUT2D eigenvalue weighted by molar-refractivity contribution is -0.485. The van der Waals surface area contributed by atoms with E-state index in [1.807, 2.05) is 31.2 Å². The number of rotatable bonds is 3. The third-order valence-electron chi connectivity index (χ3n) is 2.43. The molecule has 0 spiro atoms. The Morgan fingerprint density at radius 1 is 1.56 bits per heavy atom. The van der Waals surface area contributed by atoms with E-state index in [-0.39, 0.29) is 5.96 Å². The molecule has 1 aliphatic rings. The van der Waals surface area contributed by atoms with Gasteiger partial charge < -0.3 is 5.32 Å². The number of nitrogens with one attached hydrogen (secondary N) is 1. The molecule has 1 heterocycles. The molecule has 7 heteroatoms. The Morgan fingerprint density at radius 2 is 2.39 bits per heavy atom. The minimum atomic E-state index is -0.721. The first-order chi connectivity index (χ1) is 8.65. The summed E-state index contributed by atoms with van der Waals surface area (Å²) in [5.41, 5.74) is 1.92. The minimum absolute atomic E-state index is 0.219. The van der Waals surface area contributed by atoms with Gasteiger partial charge in [-0.15, -0.1) is 0 Å². The fourth-order valence-electron chi connectivity index (χ4n) is 1.62. The Morgan fingerprint density at radius 3 is 3.11 bits per heavy atom. The van der Waals surface area contributed by atoms with Crippen LogP contribution in [0.15, 0.2) is 34.4 Å². The Bertz CT molecular complexity index is 512. The maximum Gasteiger partial charge on any atom is 0.276 e. The molecule has 1 aromatic carbocycles. The highest BCUT2D eigenvalue weighted by molar-refractivity contribution is 5.92. The van der Waals surface area contributed by atoms with Crippen LogP contribution in [0, 0.1) is 17.0 Å². The molecule has 1 fully saturated rings. The largest absolute Gasteiger partial charge is 0.349 e. The number of nitro groups is 1. The van der Waals surface area contributed by atoms with Crippen molar-refractivity contribution in [1.82, 2.24) is 10.2 Å². The number of aliphatic imine (C=N–C) groups is 1. The summed E-state index contributed by atoms with van der Waals surface area (Å²) < 4.78 is 0. The van der Waals surface area contributed by atoms with E-state index in [9.17, 15) is 10.1 Å². The molecular weight excluding hydrogens is 234 g/mol. The number of hydrazone groups is 1. The highest BCUT2D eigenvalue weighted by atomic mass is 16.7. The first-order valence-electron chi connectivity index (χ1n) is 5.49. The predicted octanol–water partition coefficient (Wildman–Crippen LogP) is 1.11. The highest BCUT2D eigenvalue weighted by Crippen LogP contribution is 2.12. The first-order valence-corrected chi connectivity index (χ1v) is 5.49. The van der Waals surface area contributed by atoms with Gasteiger partial charge in [0.1, 0.15) is 5.10 Å². The molecule has 94 valence electrons. The average molecular weight is 247 g/mol. The third kappa shape index (κ3) is 3.03. The fourth-order valence-corrected chi connectivity index (χ4v) is 1.62. The van der Waals surface area contributed by atoms with E-state index in [0.717, 1.165) is 11.3 Å². The molecule has 0 aliphatic carbocycles. The van der Waals surface area contributed by atoms with Crippen molar-refractivity contribution in [2.75, 3.05) is 13.1 Å². The van der Waals surface area contributed by atoms with Gasteiger partial charge in [0.25, 0.3) is 5.96 Å². The molecule has 1 aromatic rings. The van der Waals surface area contributed by atoms with E-state index in [1.54, 1.807) is 11.2 Å². The molecular formula is C11H13N5O2. The van der Waals surface area contributed by atoms with Crippen molar-refractivity contribution in [3.63, 3.8) is 0 Å². The zero-order valence-corrected chi connectivity index (χ0v) is 9.91. The van der Waals surface area contributed by atoms with Crippen molar-refractivity contribution in [1.29, 1.82) is 0 Å². The minimum Gasteiger partial charge on any atom is -0.349 e. The summed E-state index contributed by atoms with van der Waals surface area (Å²) in [5.74, 6) is 0.219. The number of hydrogen-bond acceptors (Lipinski definition) is 3. The second-order valence-electron chi connectivity index (χ2n) is 3.87. The summed E-state index contributed by atoms with van der Waals surface area (Å²) >= 11 is 0. The molecule has 1 aliphatic heterocycles. The third-order valence-corrected chi connectivity index (χ3v) is 2.43. The van der Waals surface area contributed by atoms with Gasteiger partial charge >= 0.3 is 0 Å². The van der Waals surface area contributed by atoms with E-state index in [1.165, 1.54) is 0 Å². The van der Waals surface area contributed by atoms with Crippen molar-refractivity contribution in [2.45, 2.75) is 6.92 Å². The normalized spacial score (nSPS) is 17.4. The van der Waals surface area contributed by atoms with Crippen LogP contribution < -0.4 is 5.32 Å². The van der Waals surface area contributed by atoms with Crippen molar-refractivity contribution in [2.24, 2.45) is 10.1 Å². The molecule has 0 unspecified atom stereocenters. The Balaban J connectivity index is 2.11. The van der Waals surface area contributed by atoms with Gasteiger partial charge in [-0.05, 0) is 24.6 Å². The van der Waals surface area contributed by atoms with Crippen LogP contribution in [0.5, 0.6) is 0 Å². The van der Waals surface area contributed by atoms with Crippen LogP contribution in [0.3, 0.4) is 0 Å². The summed E-state index contributed by atoms with van der Waals surface area (Å²) in [7, 11) is 0. The molecule has 18 heavy (non-hydrogen) atoms. The maximum atomic E-state index is 10.3. The molecule has 0 saturated carbocycles. The van der Waals surface area contributed by atoms with E-state index in [0.29, 0.717) is 13.1 Å². The summed E-state index contributed by atoms with van der Waals surface area (Å²) in [4.78, 5) is 16.2. The Labute approximate surface area is 104 Å². The van der Waals surface area contributed by atoms with Crippen LogP contribution in [0.1, 0.15) is 5.56 Å². The van der Waals surface area contributed by atoms with Crippen molar-refractivity contribution >= 4 is 18.0 Å². The van der Waals surface area contributed by atoms with Gasteiger partial charge in [0.2, 0.25) is 0 Å². The second kappa shape index (κ2) is 5.26. The van der Waals surface area contributed by atoms with Crippen LogP contribution in [-0.4, -0.2) is 35.3 Å². The van der Waals surface area contributed by atoms with Crippen LogP contribution in [-0.2, 0) is 0 Å². The van der Waals surface area contributed by atoms with Crippen LogP contribution >= 0.6 is 0 Å². The smallest absolute Gasteiger partial charge is 0.276 e. The van der Waals surface area contributed by atoms with Gasteiger partial charge in [-0.25, -0.2) is 15.1 Å². The quantitative estimate of drug-likeness (QED) is 0.375. The van der Waals surface area contributed by atoms with Gasteiger partial charge in [-0.2, -0.15) is 0 Å². The summed E-state index contributed by atoms with van der Waals surface area (Å²) in [5, 5.41) is 15.7. The predicted molar refractivity (Wildman–Crippen MR) is 68.5 cm³/mol. The molecule has 0 bridgehead atoms. The fraction of sp³-hybridized carbons (Fsp3) is 0.273.